The molecule has 9 nitrogen and oxygen atoms in total. The summed E-state index contributed by atoms with van der Waals surface area (Å²) in [5.41, 5.74) is 2.25. The average Bonchev–Trinajstić information content (AvgIpc) is 2.76. The Morgan fingerprint density at radius 2 is 1.76 bits per heavy atom. The van der Waals surface area contributed by atoms with Crippen LogP contribution in [-0.4, -0.2) is 57.1 Å². The predicted molar refractivity (Wildman–Crippen MR) is 129 cm³/mol. The van der Waals surface area contributed by atoms with Crippen LogP contribution in [0.3, 0.4) is 0 Å². The van der Waals surface area contributed by atoms with Gasteiger partial charge in [0, 0.05) is 31.7 Å². The van der Waals surface area contributed by atoms with Crippen LogP contribution >= 0.6 is 0 Å². The van der Waals surface area contributed by atoms with E-state index in [4.69, 9.17) is 4.74 Å². The van der Waals surface area contributed by atoms with Crippen molar-refractivity contribution < 1.29 is 18.1 Å². The van der Waals surface area contributed by atoms with E-state index >= 15 is 0 Å². The Kier molecular flexibility index (Phi) is 7.93. The molecule has 10 heteroatoms. The quantitative estimate of drug-likeness (QED) is 0.418. The lowest BCUT2D eigenvalue weighted by molar-refractivity contribution is -0.384. The molecular formula is C23H32N4O5S. The van der Waals surface area contributed by atoms with Gasteiger partial charge in [-0.25, -0.2) is 8.42 Å². The van der Waals surface area contributed by atoms with Crippen molar-refractivity contribution in [2.75, 3.05) is 42.9 Å². The topological polar surface area (TPSA) is 114 Å². The molecule has 3 rings (SSSR count). The highest BCUT2D eigenvalue weighted by molar-refractivity contribution is 7.92. The Balaban J connectivity index is 1.81. The number of sulfonamides is 1. The number of hydrogen-bond donors (Lipinski definition) is 2. The molecule has 1 saturated heterocycles. The van der Waals surface area contributed by atoms with E-state index < -0.39 is 14.9 Å². The van der Waals surface area contributed by atoms with Crippen molar-refractivity contribution in [1.29, 1.82) is 0 Å². The molecular weight excluding hydrogens is 444 g/mol. The molecule has 0 saturated carbocycles. The number of nitrogens with one attached hydrogen (secondary N) is 2. The number of rotatable bonds is 9. The summed E-state index contributed by atoms with van der Waals surface area (Å²) in [7, 11) is -3.99. The van der Waals surface area contributed by atoms with Crippen LogP contribution in [0.25, 0.3) is 0 Å². The summed E-state index contributed by atoms with van der Waals surface area (Å²) in [5.74, 6) is 0.330. The summed E-state index contributed by atoms with van der Waals surface area (Å²) in [6.07, 6.45) is 0. The molecule has 0 amide bonds. The maximum absolute atomic E-state index is 12.9. The number of ether oxygens (including phenoxy) is 1. The highest BCUT2D eigenvalue weighted by Crippen LogP contribution is 2.30. The van der Waals surface area contributed by atoms with Crippen LogP contribution in [0.1, 0.15) is 25.0 Å². The fourth-order valence-electron chi connectivity index (χ4n) is 4.02. The van der Waals surface area contributed by atoms with Gasteiger partial charge in [-0.2, -0.15) is 0 Å². The van der Waals surface area contributed by atoms with Crippen molar-refractivity contribution in [3.63, 3.8) is 0 Å². The smallest absolute Gasteiger partial charge is 0.293 e. The van der Waals surface area contributed by atoms with Crippen molar-refractivity contribution >= 4 is 27.1 Å². The Morgan fingerprint density at radius 1 is 1.09 bits per heavy atom. The number of morpholine rings is 1. The third-order valence-corrected chi connectivity index (χ3v) is 7.25. The van der Waals surface area contributed by atoms with Gasteiger partial charge >= 0.3 is 0 Å². The van der Waals surface area contributed by atoms with E-state index in [0.29, 0.717) is 37.1 Å². The molecule has 0 bridgehead atoms. The van der Waals surface area contributed by atoms with Crippen LogP contribution in [0.5, 0.6) is 0 Å². The summed E-state index contributed by atoms with van der Waals surface area (Å²) < 4.78 is 33.8. The zero-order valence-electron chi connectivity index (χ0n) is 19.5. The molecule has 1 unspecified atom stereocenters. The van der Waals surface area contributed by atoms with E-state index in [1.54, 1.807) is 19.1 Å². The Morgan fingerprint density at radius 3 is 2.36 bits per heavy atom. The highest BCUT2D eigenvalue weighted by Gasteiger charge is 2.26. The van der Waals surface area contributed by atoms with Crippen LogP contribution in [-0.2, 0) is 14.8 Å². The number of nitrogens with zero attached hydrogens (tertiary/aromatic N) is 2. The van der Waals surface area contributed by atoms with Crippen LogP contribution < -0.4 is 10.0 Å². The number of benzene rings is 2. The second-order valence-corrected chi connectivity index (χ2v) is 10.4. The number of hydrogen-bond acceptors (Lipinski definition) is 7. The van der Waals surface area contributed by atoms with Gasteiger partial charge in [0.15, 0.2) is 0 Å². The second kappa shape index (κ2) is 10.5. The van der Waals surface area contributed by atoms with Crippen LogP contribution in [0.4, 0.5) is 17.1 Å². The SMILES string of the molecule is Cc1ccc(NS(=O)(=O)c2ccc(NCC(C(C)C)N3CCOCC3)c([N+](=O)[O-])c2)c(C)c1. The standard InChI is InChI=1S/C23H32N4O5S/c1-16(2)23(26-9-11-32-12-10-26)15-24-21-8-6-19(14-22(21)27(28)29)33(30,31)25-20-7-5-17(3)13-18(20)4/h5-8,13-14,16,23-25H,9-12,15H2,1-4H3. The van der Waals surface area contributed by atoms with Gasteiger partial charge in [-0.05, 0) is 43.5 Å². The molecule has 2 N–H and O–H groups in total. The molecule has 2 aromatic rings. The van der Waals surface area contributed by atoms with E-state index in [2.05, 4.69) is 28.8 Å². The van der Waals surface area contributed by atoms with Gasteiger partial charge in [-0.3, -0.25) is 19.7 Å². The lowest BCUT2D eigenvalue weighted by Crippen LogP contribution is -2.49. The van der Waals surface area contributed by atoms with E-state index in [1.165, 1.54) is 12.1 Å². The summed E-state index contributed by atoms with van der Waals surface area (Å²) in [5, 5.41) is 14.9. The minimum absolute atomic E-state index is 0.159. The zero-order valence-corrected chi connectivity index (χ0v) is 20.3. The van der Waals surface area contributed by atoms with Gasteiger partial charge in [0.1, 0.15) is 5.69 Å². The van der Waals surface area contributed by atoms with Gasteiger partial charge in [0.2, 0.25) is 0 Å². The first-order chi connectivity index (χ1) is 15.6. The van der Waals surface area contributed by atoms with E-state index in [1.807, 2.05) is 13.0 Å². The lowest BCUT2D eigenvalue weighted by Gasteiger charge is -2.37. The molecule has 2 aromatic carbocycles. The molecule has 1 fully saturated rings. The fraction of sp³-hybridized carbons (Fsp3) is 0.478. The van der Waals surface area contributed by atoms with E-state index in [9.17, 15) is 18.5 Å². The van der Waals surface area contributed by atoms with Crippen molar-refractivity contribution in [2.45, 2.75) is 38.6 Å². The van der Waals surface area contributed by atoms with E-state index in [0.717, 1.165) is 30.3 Å². The minimum atomic E-state index is -3.99. The van der Waals surface area contributed by atoms with Gasteiger partial charge in [-0.15, -0.1) is 0 Å². The first-order valence-corrected chi connectivity index (χ1v) is 12.5. The molecule has 1 aliphatic rings. The molecule has 0 aliphatic carbocycles. The molecule has 1 atom stereocenters. The first kappa shape index (κ1) is 24.9. The number of aryl methyl sites for hydroxylation is 2. The maximum Gasteiger partial charge on any atom is 0.293 e. The summed E-state index contributed by atoms with van der Waals surface area (Å²) in [6.45, 7) is 11.4. The Labute approximate surface area is 195 Å². The Bertz CT molecular complexity index is 1100. The molecule has 0 spiro atoms. The lowest BCUT2D eigenvalue weighted by atomic mass is 10.0. The van der Waals surface area contributed by atoms with E-state index in [-0.39, 0.29) is 16.6 Å². The van der Waals surface area contributed by atoms with Crippen molar-refractivity contribution in [1.82, 2.24) is 4.90 Å². The monoisotopic (exact) mass is 476 g/mol. The summed E-state index contributed by atoms with van der Waals surface area (Å²) in [4.78, 5) is 13.4. The molecule has 180 valence electrons. The van der Waals surface area contributed by atoms with Crippen molar-refractivity contribution in [3.8, 4) is 0 Å². The fourth-order valence-corrected chi connectivity index (χ4v) is 5.17. The molecule has 0 radical (unpaired) electrons. The number of anilines is 2. The third kappa shape index (κ3) is 6.21. The van der Waals surface area contributed by atoms with Crippen LogP contribution in [0, 0.1) is 29.9 Å². The molecule has 0 aromatic heterocycles. The summed E-state index contributed by atoms with van der Waals surface area (Å²) >= 11 is 0. The predicted octanol–water partition coefficient (Wildman–Crippen LogP) is 3.78. The van der Waals surface area contributed by atoms with Gasteiger partial charge in [0.05, 0.1) is 28.7 Å². The number of nitro benzene ring substituents is 1. The zero-order chi connectivity index (χ0) is 24.2. The maximum atomic E-state index is 12.9. The van der Waals surface area contributed by atoms with Gasteiger partial charge < -0.3 is 10.1 Å². The minimum Gasteiger partial charge on any atom is -0.379 e. The average molecular weight is 477 g/mol. The van der Waals surface area contributed by atoms with Crippen molar-refractivity contribution in [2.24, 2.45) is 5.92 Å². The largest absolute Gasteiger partial charge is 0.379 e. The first-order valence-electron chi connectivity index (χ1n) is 11.0. The van der Waals surface area contributed by atoms with Crippen LogP contribution in [0.2, 0.25) is 0 Å². The van der Waals surface area contributed by atoms with Crippen molar-refractivity contribution in [3.05, 3.63) is 57.6 Å². The number of nitro groups is 1. The normalized spacial score (nSPS) is 15.9. The molecule has 1 aliphatic heterocycles. The third-order valence-electron chi connectivity index (χ3n) is 5.89. The van der Waals surface area contributed by atoms with Gasteiger partial charge in [0.25, 0.3) is 15.7 Å². The van der Waals surface area contributed by atoms with Gasteiger partial charge in [-0.1, -0.05) is 31.5 Å². The molecule has 1 heterocycles. The Hall–Kier alpha value is -2.69. The molecule has 33 heavy (non-hydrogen) atoms. The highest BCUT2D eigenvalue weighted by atomic mass is 32.2. The van der Waals surface area contributed by atoms with Crippen LogP contribution in [0.15, 0.2) is 41.3 Å². The second-order valence-electron chi connectivity index (χ2n) is 8.70. The summed E-state index contributed by atoms with van der Waals surface area (Å²) in [6, 6.07) is 9.49.